The predicted octanol–water partition coefficient (Wildman–Crippen LogP) is 3.30. The van der Waals surface area contributed by atoms with E-state index in [1.165, 1.54) is 19.2 Å². The first-order valence-corrected chi connectivity index (χ1v) is 12.1. The molecular weight excluding hydrogens is 488 g/mol. The summed E-state index contributed by atoms with van der Waals surface area (Å²) in [5.74, 6) is -2.99. The maximum atomic E-state index is 14.2. The first kappa shape index (κ1) is 22.9. The Morgan fingerprint density at radius 3 is 2.61 bits per heavy atom. The molecule has 6 rings (SSSR count). The summed E-state index contributed by atoms with van der Waals surface area (Å²) in [5, 5.41) is 14.8. The molecule has 186 valence electrons. The molecule has 4 aliphatic heterocycles. The van der Waals surface area contributed by atoms with Gasteiger partial charge in [0, 0.05) is 23.7 Å². The lowest BCUT2D eigenvalue weighted by Gasteiger charge is -2.37. The number of fused-ring (bicyclic) bond motifs is 7. The second-order valence-electron chi connectivity index (χ2n) is 9.88. The smallest absolute Gasteiger partial charge is 0.311 e. The molecule has 3 fully saturated rings. The Hall–Kier alpha value is -3.50. The minimum Gasteiger partial charge on any atom is -0.490 e. The predicted molar refractivity (Wildman–Crippen MR) is 130 cm³/mol. The topological polar surface area (TPSA) is 122 Å². The number of rotatable bonds is 3. The fraction of sp³-hybridized carbons (Fsp3) is 0.400. The molecule has 0 unspecified atom stereocenters. The summed E-state index contributed by atoms with van der Waals surface area (Å²) in [6.45, 7) is 4.06. The third-order valence-electron chi connectivity index (χ3n) is 8.13. The molecule has 10 nitrogen and oxygen atoms in total. The van der Waals surface area contributed by atoms with E-state index in [0.29, 0.717) is 34.8 Å². The number of nitrogens with zero attached hydrogens (tertiary/aromatic N) is 3. The van der Waals surface area contributed by atoms with Crippen LogP contribution in [0.5, 0.6) is 5.75 Å². The first-order chi connectivity index (χ1) is 17.1. The minimum absolute atomic E-state index is 0.0539. The largest absolute Gasteiger partial charge is 0.490 e. The van der Waals surface area contributed by atoms with Gasteiger partial charge < -0.3 is 10.1 Å². The van der Waals surface area contributed by atoms with Gasteiger partial charge in [0.15, 0.2) is 5.75 Å². The van der Waals surface area contributed by atoms with E-state index in [0.717, 1.165) is 16.9 Å². The molecule has 0 saturated carbocycles. The van der Waals surface area contributed by atoms with Crippen molar-refractivity contribution in [1.82, 2.24) is 4.90 Å². The second kappa shape index (κ2) is 7.50. The first-order valence-electron chi connectivity index (χ1n) is 11.7. The highest BCUT2D eigenvalue weighted by Crippen LogP contribution is 2.61. The summed E-state index contributed by atoms with van der Waals surface area (Å²) in [4.78, 5) is 55.9. The number of nitrogens with one attached hydrogen (secondary N) is 1. The monoisotopic (exact) mass is 510 g/mol. The summed E-state index contributed by atoms with van der Waals surface area (Å²) in [5.41, 5.74) is 0.948. The van der Waals surface area contributed by atoms with Crippen LogP contribution in [0.2, 0.25) is 5.02 Å². The van der Waals surface area contributed by atoms with E-state index in [9.17, 15) is 24.5 Å². The van der Waals surface area contributed by atoms with E-state index in [1.807, 2.05) is 17.9 Å². The molecule has 0 radical (unpaired) electrons. The fourth-order valence-corrected chi connectivity index (χ4v) is 7.16. The summed E-state index contributed by atoms with van der Waals surface area (Å²) < 4.78 is 5.20. The van der Waals surface area contributed by atoms with Crippen molar-refractivity contribution < 1.29 is 24.0 Å². The van der Waals surface area contributed by atoms with Gasteiger partial charge in [-0.15, -0.1) is 0 Å². The molecule has 0 aliphatic carbocycles. The van der Waals surface area contributed by atoms with Crippen LogP contribution in [0.25, 0.3) is 0 Å². The van der Waals surface area contributed by atoms with Gasteiger partial charge in [0.1, 0.15) is 5.54 Å². The van der Waals surface area contributed by atoms with Crippen LogP contribution >= 0.6 is 11.6 Å². The van der Waals surface area contributed by atoms with E-state index in [1.54, 1.807) is 13.0 Å². The number of hydrogen-bond acceptors (Lipinski definition) is 7. The van der Waals surface area contributed by atoms with Gasteiger partial charge in [-0.3, -0.25) is 29.4 Å². The molecular formula is C25H23ClN4O6. The standard InChI is InChI=1S/C25H23ClN4O6/c1-11-7-13-21(14(26)8-11)27-24(33)25(13)20-19(15-5-4-6-28(15)25)22(31)29(23(20)32)16-10-18(36-3)17(30(34)35)9-12(16)2/h7-10,15,19-20H,4-6H2,1-3H3,(H,27,33)/t15-,19+,20-,25-/m0/s1. The van der Waals surface area contributed by atoms with Crippen LogP contribution in [0.1, 0.15) is 29.5 Å². The quantitative estimate of drug-likeness (QED) is 0.382. The molecule has 3 saturated heterocycles. The van der Waals surface area contributed by atoms with Crippen molar-refractivity contribution >= 4 is 46.4 Å². The minimum atomic E-state index is -1.35. The Kier molecular flexibility index (Phi) is 4.78. The normalized spacial score (nSPS) is 28.5. The molecule has 1 spiro atoms. The number of amides is 3. The van der Waals surface area contributed by atoms with Gasteiger partial charge in [0.2, 0.25) is 11.8 Å². The number of carbonyl (C=O) groups is 3. The highest BCUT2D eigenvalue weighted by atomic mass is 35.5. The molecule has 36 heavy (non-hydrogen) atoms. The second-order valence-corrected chi connectivity index (χ2v) is 10.3. The lowest BCUT2D eigenvalue weighted by atomic mass is 9.75. The Balaban J connectivity index is 1.55. The summed E-state index contributed by atoms with van der Waals surface area (Å²) in [6, 6.07) is 5.99. The van der Waals surface area contributed by atoms with Crippen molar-refractivity contribution in [3.05, 3.63) is 56.1 Å². The van der Waals surface area contributed by atoms with Crippen molar-refractivity contribution in [2.75, 3.05) is 23.9 Å². The molecule has 0 aromatic heterocycles. The van der Waals surface area contributed by atoms with Gasteiger partial charge in [-0.25, -0.2) is 4.90 Å². The molecule has 0 bridgehead atoms. The Bertz CT molecular complexity index is 1410. The molecule has 4 atom stereocenters. The summed E-state index contributed by atoms with van der Waals surface area (Å²) in [7, 11) is 1.29. The Labute approximate surface area is 211 Å². The van der Waals surface area contributed by atoms with Crippen LogP contribution < -0.4 is 15.0 Å². The number of ether oxygens (including phenoxy) is 1. The fourth-order valence-electron chi connectivity index (χ4n) is 6.84. The maximum Gasteiger partial charge on any atom is 0.311 e. The number of methoxy groups -OCH3 is 1. The Morgan fingerprint density at radius 1 is 1.17 bits per heavy atom. The molecule has 1 N–H and O–H groups in total. The molecule has 4 heterocycles. The number of hydrogen-bond donors (Lipinski definition) is 1. The van der Waals surface area contributed by atoms with E-state index < -0.39 is 34.1 Å². The average molecular weight is 511 g/mol. The number of nitro benzene ring substituents is 1. The number of imide groups is 1. The van der Waals surface area contributed by atoms with Crippen LogP contribution in [-0.4, -0.2) is 47.2 Å². The summed E-state index contributed by atoms with van der Waals surface area (Å²) >= 11 is 6.51. The van der Waals surface area contributed by atoms with Crippen molar-refractivity contribution in [2.24, 2.45) is 11.8 Å². The number of carbonyl (C=O) groups excluding carboxylic acids is 3. The zero-order valence-electron chi connectivity index (χ0n) is 19.8. The lowest BCUT2D eigenvalue weighted by molar-refractivity contribution is -0.385. The van der Waals surface area contributed by atoms with Crippen molar-refractivity contribution in [3.8, 4) is 5.75 Å². The average Bonchev–Trinajstić information content (AvgIpc) is 3.53. The zero-order chi connectivity index (χ0) is 25.7. The SMILES string of the molecule is COc1cc(N2C(=O)[C@H]3[C@@H](C2=O)[C@@]2(C(=O)Nc4c(Cl)cc(C)cc42)N2CCC[C@@H]32)c(C)cc1[N+](=O)[O-]. The maximum absolute atomic E-state index is 14.2. The van der Waals surface area contributed by atoms with Crippen LogP contribution in [0.15, 0.2) is 24.3 Å². The highest BCUT2D eigenvalue weighted by Gasteiger charge is 2.75. The van der Waals surface area contributed by atoms with Crippen molar-refractivity contribution in [3.63, 3.8) is 0 Å². The number of halogens is 1. The molecule has 2 aromatic carbocycles. The van der Waals surface area contributed by atoms with Gasteiger partial charge in [0.05, 0.1) is 40.3 Å². The molecule has 4 aliphatic rings. The van der Waals surface area contributed by atoms with Crippen molar-refractivity contribution in [1.29, 1.82) is 0 Å². The van der Waals surface area contributed by atoms with E-state index in [2.05, 4.69) is 5.32 Å². The van der Waals surface area contributed by atoms with Crippen LogP contribution in [0, 0.1) is 35.8 Å². The molecule has 11 heteroatoms. The van der Waals surface area contributed by atoms with E-state index >= 15 is 0 Å². The molecule has 2 aromatic rings. The van der Waals surface area contributed by atoms with Gasteiger partial charge in [-0.1, -0.05) is 17.7 Å². The van der Waals surface area contributed by atoms with Gasteiger partial charge in [-0.05, 0) is 50.4 Å². The number of benzene rings is 2. The van der Waals surface area contributed by atoms with Crippen molar-refractivity contribution in [2.45, 2.75) is 38.3 Å². The number of aryl methyl sites for hydroxylation is 2. The van der Waals surface area contributed by atoms with Crippen LogP contribution in [0.3, 0.4) is 0 Å². The third kappa shape index (κ3) is 2.63. The van der Waals surface area contributed by atoms with Gasteiger partial charge in [-0.2, -0.15) is 0 Å². The van der Waals surface area contributed by atoms with E-state index in [4.69, 9.17) is 16.3 Å². The van der Waals surface area contributed by atoms with Gasteiger partial charge in [0.25, 0.3) is 5.91 Å². The highest BCUT2D eigenvalue weighted by molar-refractivity contribution is 6.35. The van der Waals surface area contributed by atoms with Gasteiger partial charge >= 0.3 is 5.69 Å². The number of anilines is 2. The van der Waals surface area contributed by atoms with Crippen LogP contribution in [-0.2, 0) is 19.9 Å². The summed E-state index contributed by atoms with van der Waals surface area (Å²) in [6.07, 6.45) is 1.48. The zero-order valence-corrected chi connectivity index (χ0v) is 20.6. The molecule has 3 amide bonds. The van der Waals surface area contributed by atoms with Crippen LogP contribution in [0.4, 0.5) is 17.1 Å². The lowest BCUT2D eigenvalue weighted by Crippen LogP contribution is -2.54. The Morgan fingerprint density at radius 2 is 1.92 bits per heavy atom. The third-order valence-corrected chi connectivity index (χ3v) is 8.43. The number of nitro groups is 1. The van der Waals surface area contributed by atoms with E-state index in [-0.39, 0.29) is 29.1 Å².